The van der Waals surface area contributed by atoms with Crippen LogP contribution in [0.15, 0.2) is 24.4 Å². The second kappa shape index (κ2) is 7.50. The molecule has 1 saturated heterocycles. The van der Waals surface area contributed by atoms with E-state index >= 15 is 0 Å². The number of anilines is 1. The van der Waals surface area contributed by atoms with Crippen LogP contribution in [0.25, 0.3) is 5.65 Å². The van der Waals surface area contributed by atoms with Crippen LogP contribution in [-0.2, 0) is 4.79 Å². The molecule has 4 aliphatic carbocycles. The van der Waals surface area contributed by atoms with Gasteiger partial charge in [-0.15, -0.1) is 0 Å². The number of nitrogens with one attached hydrogen (secondary N) is 1. The molecule has 5 fully saturated rings. The quantitative estimate of drug-likeness (QED) is 0.722. The van der Waals surface area contributed by atoms with Crippen molar-refractivity contribution in [2.75, 3.05) is 18.4 Å². The number of aromatic nitrogens is 2. The fourth-order valence-corrected chi connectivity index (χ4v) is 7.45. The summed E-state index contributed by atoms with van der Waals surface area (Å²) in [4.78, 5) is 31.8. The number of pyridine rings is 1. The van der Waals surface area contributed by atoms with Gasteiger partial charge in [-0.1, -0.05) is 6.07 Å². The summed E-state index contributed by atoms with van der Waals surface area (Å²) in [7, 11) is 0. The van der Waals surface area contributed by atoms with Gasteiger partial charge >= 0.3 is 0 Å². The average molecular weight is 457 g/mol. The molecule has 7 rings (SSSR count). The van der Waals surface area contributed by atoms with Gasteiger partial charge in [0.25, 0.3) is 11.8 Å². The summed E-state index contributed by atoms with van der Waals surface area (Å²) in [5.41, 5.74) is 0.912. The van der Waals surface area contributed by atoms with Crippen LogP contribution in [0.3, 0.4) is 0 Å². The fraction of sp³-hybridized carbons (Fsp3) is 0.640. The Kier molecular flexibility index (Phi) is 4.79. The summed E-state index contributed by atoms with van der Waals surface area (Å²) in [5, 5.41) is 3.06. The predicted octanol–water partition coefficient (Wildman–Crippen LogP) is 4.75. The van der Waals surface area contributed by atoms with Gasteiger partial charge in [0, 0.05) is 38.5 Å². The van der Waals surface area contributed by atoms with Crippen molar-refractivity contribution in [3.8, 4) is 0 Å². The lowest BCUT2D eigenvalue weighted by atomic mass is 9.49. The van der Waals surface area contributed by atoms with Crippen LogP contribution in [-0.4, -0.2) is 45.1 Å². The van der Waals surface area contributed by atoms with Crippen molar-refractivity contribution in [1.29, 1.82) is 0 Å². The molecule has 4 saturated carbocycles. The third kappa shape index (κ3) is 3.91. The van der Waals surface area contributed by atoms with E-state index in [0.717, 1.165) is 17.8 Å². The molecule has 3 heterocycles. The van der Waals surface area contributed by atoms with E-state index in [-0.39, 0.29) is 48.9 Å². The molecule has 0 unspecified atom stereocenters. The first kappa shape index (κ1) is 21.1. The first-order chi connectivity index (χ1) is 15.8. The van der Waals surface area contributed by atoms with Crippen molar-refractivity contribution >= 4 is 23.3 Å². The van der Waals surface area contributed by atoms with Gasteiger partial charge in [0.1, 0.15) is 17.2 Å². The maximum atomic E-state index is 13.5. The minimum absolute atomic E-state index is 0.0179. The number of carbonyl (C=O) groups excluding carboxylic acids is 2. The van der Waals surface area contributed by atoms with Gasteiger partial charge in [-0.05, 0) is 73.8 Å². The van der Waals surface area contributed by atoms with Gasteiger partial charge in [0.2, 0.25) is 5.91 Å². The molecule has 5 aliphatic rings. The zero-order valence-corrected chi connectivity index (χ0v) is 18.7. The molecule has 0 aromatic carbocycles. The largest absolute Gasteiger partial charge is 0.337 e. The molecule has 6 nitrogen and oxygen atoms in total. The van der Waals surface area contributed by atoms with E-state index in [2.05, 4.69) is 10.3 Å². The number of hydrogen-bond donors (Lipinski definition) is 1. The Balaban J connectivity index is 1.17. The number of halogens is 2. The van der Waals surface area contributed by atoms with Gasteiger partial charge in [0.05, 0.1) is 0 Å². The molecular weight excluding hydrogens is 426 g/mol. The third-order valence-electron chi connectivity index (χ3n) is 8.46. The smallest absolute Gasteiger partial charge is 0.274 e. The van der Waals surface area contributed by atoms with Gasteiger partial charge in [-0.25, -0.2) is 13.8 Å². The van der Waals surface area contributed by atoms with Crippen molar-refractivity contribution in [3.63, 3.8) is 0 Å². The number of rotatable bonds is 4. The Morgan fingerprint density at radius 1 is 1.03 bits per heavy atom. The standard InChI is InChI=1S/C25H30F2N4O2/c26-25(27)4-6-30(7-5-25)23(33)19-15-31-20(28-19)2-1-3-21(31)29-22(32)14-24-11-16-8-17(12-24)10-18(9-16)13-24/h1-3,15-18H,4-14H2,(H,29,32). The number of likely N-dealkylation sites (tertiary alicyclic amines) is 1. The molecule has 1 aliphatic heterocycles. The lowest BCUT2D eigenvalue weighted by Gasteiger charge is -2.56. The van der Waals surface area contributed by atoms with E-state index in [1.165, 1.54) is 43.4 Å². The van der Waals surface area contributed by atoms with Gasteiger partial charge in [-0.3, -0.25) is 14.0 Å². The Morgan fingerprint density at radius 3 is 2.30 bits per heavy atom. The minimum Gasteiger partial charge on any atom is -0.337 e. The van der Waals surface area contributed by atoms with Crippen LogP contribution in [0, 0.1) is 23.2 Å². The molecule has 2 aromatic heterocycles. The van der Waals surface area contributed by atoms with Gasteiger partial charge < -0.3 is 10.2 Å². The number of nitrogens with zero attached hydrogens (tertiary/aromatic N) is 3. The van der Waals surface area contributed by atoms with E-state index in [1.54, 1.807) is 22.7 Å². The van der Waals surface area contributed by atoms with Gasteiger partial charge in [-0.2, -0.15) is 0 Å². The van der Waals surface area contributed by atoms with Crippen LogP contribution >= 0.6 is 0 Å². The van der Waals surface area contributed by atoms with Crippen molar-refractivity contribution in [1.82, 2.24) is 14.3 Å². The molecule has 0 atom stereocenters. The topological polar surface area (TPSA) is 66.7 Å². The van der Waals surface area contributed by atoms with Crippen molar-refractivity contribution in [2.45, 2.75) is 63.7 Å². The first-order valence-electron chi connectivity index (χ1n) is 12.2. The molecule has 4 bridgehead atoms. The summed E-state index contributed by atoms with van der Waals surface area (Å²) in [6, 6.07) is 5.39. The lowest BCUT2D eigenvalue weighted by molar-refractivity contribution is -0.124. The summed E-state index contributed by atoms with van der Waals surface area (Å²) in [5.74, 6) is -0.0641. The lowest BCUT2D eigenvalue weighted by Crippen LogP contribution is -2.47. The predicted molar refractivity (Wildman–Crippen MR) is 119 cm³/mol. The van der Waals surface area contributed by atoms with E-state index in [4.69, 9.17) is 0 Å². The molecule has 1 N–H and O–H groups in total. The Labute approximate surface area is 191 Å². The third-order valence-corrected chi connectivity index (χ3v) is 8.46. The Bertz CT molecular complexity index is 1070. The van der Waals surface area contributed by atoms with E-state index in [1.807, 2.05) is 6.07 Å². The monoisotopic (exact) mass is 456 g/mol. The number of carbonyl (C=O) groups is 2. The molecule has 0 spiro atoms. The SMILES string of the molecule is O=C(CC12CC3CC(CC(C3)C1)C2)Nc1cccc2nc(C(=O)N3CCC(F)(F)CC3)cn12. The zero-order chi connectivity index (χ0) is 22.8. The Hall–Kier alpha value is -2.51. The second-order valence-corrected chi connectivity index (χ2v) is 11.1. The molecule has 176 valence electrons. The highest BCUT2D eigenvalue weighted by Gasteiger charge is 2.51. The molecular formula is C25H30F2N4O2. The van der Waals surface area contributed by atoms with Gasteiger partial charge in [0.15, 0.2) is 0 Å². The van der Waals surface area contributed by atoms with Crippen LogP contribution < -0.4 is 5.32 Å². The highest BCUT2D eigenvalue weighted by atomic mass is 19.3. The molecule has 33 heavy (non-hydrogen) atoms. The van der Waals surface area contributed by atoms with E-state index in [0.29, 0.717) is 17.9 Å². The maximum Gasteiger partial charge on any atom is 0.274 e. The number of piperidine rings is 1. The average Bonchev–Trinajstić information content (AvgIpc) is 3.17. The minimum atomic E-state index is -2.70. The normalized spacial score (nSPS) is 32.3. The first-order valence-corrected chi connectivity index (χ1v) is 12.2. The van der Waals surface area contributed by atoms with Crippen LogP contribution in [0.4, 0.5) is 14.6 Å². The number of fused-ring (bicyclic) bond motifs is 1. The summed E-state index contributed by atoms with van der Waals surface area (Å²) in [6.45, 7) is 0.0444. The Morgan fingerprint density at radius 2 is 1.67 bits per heavy atom. The maximum absolute atomic E-state index is 13.5. The number of alkyl halides is 2. The molecule has 2 amide bonds. The number of imidazole rings is 1. The molecule has 8 heteroatoms. The van der Waals surface area contributed by atoms with Crippen LogP contribution in [0.2, 0.25) is 0 Å². The number of amides is 2. The van der Waals surface area contributed by atoms with Crippen molar-refractivity contribution < 1.29 is 18.4 Å². The summed E-state index contributed by atoms with van der Waals surface area (Å²) in [6.07, 6.45) is 9.08. The summed E-state index contributed by atoms with van der Waals surface area (Å²) < 4.78 is 28.6. The second-order valence-electron chi connectivity index (χ2n) is 11.1. The number of hydrogen-bond acceptors (Lipinski definition) is 3. The molecule has 2 aromatic rings. The molecule has 0 radical (unpaired) electrons. The highest BCUT2D eigenvalue weighted by Crippen LogP contribution is 2.61. The zero-order valence-electron chi connectivity index (χ0n) is 18.7. The highest BCUT2D eigenvalue weighted by molar-refractivity contribution is 5.94. The van der Waals surface area contributed by atoms with Crippen molar-refractivity contribution in [3.05, 3.63) is 30.1 Å². The fourth-order valence-electron chi connectivity index (χ4n) is 7.45. The summed E-state index contributed by atoms with van der Waals surface area (Å²) >= 11 is 0. The van der Waals surface area contributed by atoms with E-state index in [9.17, 15) is 18.4 Å². The van der Waals surface area contributed by atoms with Crippen molar-refractivity contribution in [2.24, 2.45) is 23.2 Å². The van der Waals surface area contributed by atoms with Crippen LogP contribution in [0.5, 0.6) is 0 Å². The van der Waals surface area contributed by atoms with Crippen LogP contribution in [0.1, 0.15) is 68.3 Å². The van der Waals surface area contributed by atoms with E-state index < -0.39 is 5.92 Å².